The van der Waals surface area contributed by atoms with E-state index in [1.54, 1.807) is 14.0 Å². The second-order valence-electron chi connectivity index (χ2n) is 3.31. The van der Waals surface area contributed by atoms with Crippen molar-refractivity contribution in [2.45, 2.75) is 26.4 Å². The second kappa shape index (κ2) is 4.28. The summed E-state index contributed by atoms with van der Waals surface area (Å²) in [5.74, 6) is 0.862. The molecule has 1 aromatic rings. The van der Waals surface area contributed by atoms with Crippen LogP contribution in [0.15, 0.2) is 18.2 Å². The van der Waals surface area contributed by atoms with E-state index in [4.69, 9.17) is 4.74 Å². The largest absolute Gasteiger partial charge is 0.496 e. The Morgan fingerprint density at radius 1 is 1.46 bits per heavy atom. The van der Waals surface area contributed by atoms with Gasteiger partial charge in [-0.3, -0.25) is 0 Å². The summed E-state index contributed by atoms with van der Waals surface area (Å²) in [5, 5.41) is 9.29. The molecule has 1 rings (SSSR count). The summed E-state index contributed by atoms with van der Waals surface area (Å²) in [6, 6.07) is 5.91. The normalized spacial score (nSPS) is 12.6. The molecule has 1 unspecified atom stereocenters. The maximum absolute atomic E-state index is 9.29. The smallest absolute Gasteiger partial charge is 0.122 e. The predicted molar refractivity (Wildman–Crippen MR) is 53.1 cm³/mol. The SMILES string of the molecule is COc1cccc(C)c1CC(C)O. The first kappa shape index (κ1) is 10.1. The van der Waals surface area contributed by atoms with Crippen LogP contribution in [0.2, 0.25) is 0 Å². The zero-order chi connectivity index (χ0) is 9.84. The number of rotatable bonds is 3. The van der Waals surface area contributed by atoms with Gasteiger partial charge in [-0.15, -0.1) is 0 Å². The minimum Gasteiger partial charge on any atom is -0.496 e. The van der Waals surface area contributed by atoms with E-state index in [1.807, 2.05) is 25.1 Å². The maximum atomic E-state index is 9.29. The molecule has 0 saturated carbocycles. The van der Waals surface area contributed by atoms with Gasteiger partial charge in [0.1, 0.15) is 5.75 Å². The van der Waals surface area contributed by atoms with Crippen LogP contribution in [0.1, 0.15) is 18.1 Å². The van der Waals surface area contributed by atoms with Gasteiger partial charge in [0, 0.05) is 6.42 Å². The van der Waals surface area contributed by atoms with Gasteiger partial charge in [-0.2, -0.15) is 0 Å². The highest BCUT2D eigenvalue weighted by molar-refractivity contribution is 5.39. The van der Waals surface area contributed by atoms with Crippen LogP contribution in [0.4, 0.5) is 0 Å². The Kier molecular flexibility index (Phi) is 3.32. The molecule has 0 amide bonds. The molecule has 1 atom stereocenters. The third-order valence-corrected chi connectivity index (χ3v) is 2.09. The van der Waals surface area contributed by atoms with Gasteiger partial charge in [-0.25, -0.2) is 0 Å². The molecular weight excluding hydrogens is 164 g/mol. The fourth-order valence-electron chi connectivity index (χ4n) is 1.42. The average Bonchev–Trinajstić information content (AvgIpc) is 2.08. The molecule has 2 nitrogen and oxygen atoms in total. The van der Waals surface area contributed by atoms with Crippen LogP contribution in [0, 0.1) is 6.92 Å². The first-order valence-electron chi connectivity index (χ1n) is 4.45. The molecule has 1 N–H and O–H groups in total. The van der Waals surface area contributed by atoms with E-state index in [0.717, 1.165) is 11.3 Å². The zero-order valence-corrected chi connectivity index (χ0v) is 8.37. The highest BCUT2D eigenvalue weighted by Crippen LogP contribution is 2.22. The summed E-state index contributed by atoms with van der Waals surface area (Å²) in [6.07, 6.45) is 0.325. The fraction of sp³-hybridized carbons (Fsp3) is 0.455. The summed E-state index contributed by atoms with van der Waals surface area (Å²) in [5.41, 5.74) is 2.26. The number of hydrogen-bond acceptors (Lipinski definition) is 2. The molecule has 0 saturated heterocycles. The van der Waals surface area contributed by atoms with Crippen molar-refractivity contribution in [1.29, 1.82) is 0 Å². The molecule has 0 aromatic heterocycles. The lowest BCUT2D eigenvalue weighted by Gasteiger charge is -2.12. The first-order valence-corrected chi connectivity index (χ1v) is 4.45. The summed E-state index contributed by atoms with van der Waals surface area (Å²) in [6.45, 7) is 3.81. The number of aryl methyl sites for hydroxylation is 1. The van der Waals surface area contributed by atoms with Gasteiger partial charge in [0.15, 0.2) is 0 Å². The van der Waals surface area contributed by atoms with Gasteiger partial charge in [0.2, 0.25) is 0 Å². The van der Waals surface area contributed by atoms with Crippen LogP contribution in [0.25, 0.3) is 0 Å². The number of ether oxygens (including phenoxy) is 1. The van der Waals surface area contributed by atoms with Crippen LogP contribution >= 0.6 is 0 Å². The van der Waals surface area contributed by atoms with Crippen LogP contribution in [-0.2, 0) is 6.42 Å². The van der Waals surface area contributed by atoms with E-state index in [9.17, 15) is 5.11 Å². The Morgan fingerprint density at radius 2 is 2.15 bits per heavy atom. The van der Waals surface area contributed by atoms with Crippen molar-refractivity contribution in [1.82, 2.24) is 0 Å². The van der Waals surface area contributed by atoms with E-state index >= 15 is 0 Å². The Labute approximate surface area is 79.2 Å². The van der Waals surface area contributed by atoms with E-state index in [1.165, 1.54) is 5.56 Å². The molecular formula is C11H16O2. The topological polar surface area (TPSA) is 29.5 Å². The highest BCUT2D eigenvalue weighted by atomic mass is 16.5. The Balaban J connectivity index is 3.00. The molecule has 72 valence electrons. The average molecular weight is 180 g/mol. The van der Waals surface area contributed by atoms with Gasteiger partial charge in [0.05, 0.1) is 13.2 Å². The van der Waals surface area contributed by atoms with Crippen molar-refractivity contribution in [3.05, 3.63) is 29.3 Å². The standard InChI is InChI=1S/C11H16O2/c1-8-5-4-6-11(13-3)10(8)7-9(2)12/h4-6,9,12H,7H2,1-3H3. The number of aliphatic hydroxyl groups excluding tert-OH is 1. The zero-order valence-electron chi connectivity index (χ0n) is 8.37. The molecule has 0 aliphatic carbocycles. The Bertz CT molecular complexity index is 279. The van der Waals surface area contributed by atoms with E-state index in [2.05, 4.69) is 0 Å². The number of hydrogen-bond donors (Lipinski definition) is 1. The lowest BCUT2D eigenvalue weighted by molar-refractivity contribution is 0.194. The molecule has 2 heteroatoms. The van der Waals surface area contributed by atoms with Crippen molar-refractivity contribution < 1.29 is 9.84 Å². The molecule has 0 radical (unpaired) electrons. The molecule has 0 aliphatic rings. The second-order valence-corrected chi connectivity index (χ2v) is 3.31. The Hall–Kier alpha value is -1.02. The third kappa shape index (κ3) is 2.46. The monoisotopic (exact) mass is 180 g/mol. The lowest BCUT2D eigenvalue weighted by atomic mass is 10.0. The molecule has 1 aromatic carbocycles. The van der Waals surface area contributed by atoms with E-state index in [0.29, 0.717) is 6.42 Å². The van der Waals surface area contributed by atoms with Crippen LogP contribution in [-0.4, -0.2) is 18.3 Å². The minimum absolute atomic E-state index is 0.324. The minimum atomic E-state index is -0.324. The highest BCUT2D eigenvalue weighted by Gasteiger charge is 2.07. The molecule has 0 fully saturated rings. The van der Waals surface area contributed by atoms with Crippen LogP contribution in [0.3, 0.4) is 0 Å². The Morgan fingerprint density at radius 3 is 2.69 bits per heavy atom. The number of methoxy groups -OCH3 is 1. The van der Waals surface area contributed by atoms with Crippen LogP contribution < -0.4 is 4.74 Å². The maximum Gasteiger partial charge on any atom is 0.122 e. The first-order chi connectivity index (χ1) is 6.15. The van der Waals surface area contributed by atoms with Gasteiger partial charge in [-0.1, -0.05) is 12.1 Å². The fourth-order valence-corrected chi connectivity index (χ4v) is 1.42. The van der Waals surface area contributed by atoms with Gasteiger partial charge < -0.3 is 9.84 Å². The molecule has 0 bridgehead atoms. The summed E-state index contributed by atoms with van der Waals surface area (Å²) < 4.78 is 5.22. The van der Waals surface area contributed by atoms with Crippen molar-refractivity contribution in [2.24, 2.45) is 0 Å². The molecule has 0 spiro atoms. The molecule has 0 heterocycles. The van der Waals surface area contributed by atoms with Gasteiger partial charge >= 0.3 is 0 Å². The molecule has 13 heavy (non-hydrogen) atoms. The van der Waals surface area contributed by atoms with Crippen molar-refractivity contribution in [3.63, 3.8) is 0 Å². The quantitative estimate of drug-likeness (QED) is 0.770. The third-order valence-electron chi connectivity index (χ3n) is 2.09. The van der Waals surface area contributed by atoms with Gasteiger partial charge in [0.25, 0.3) is 0 Å². The number of benzene rings is 1. The summed E-state index contributed by atoms with van der Waals surface area (Å²) in [7, 11) is 1.65. The van der Waals surface area contributed by atoms with Gasteiger partial charge in [-0.05, 0) is 31.0 Å². The summed E-state index contributed by atoms with van der Waals surface area (Å²) in [4.78, 5) is 0. The lowest BCUT2D eigenvalue weighted by Crippen LogP contribution is -2.07. The summed E-state index contributed by atoms with van der Waals surface area (Å²) >= 11 is 0. The van der Waals surface area contributed by atoms with Crippen molar-refractivity contribution >= 4 is 0 Å². The number of aliphatic hydroxyl groups is 1. The van der Waals surface area contributed by atoms with E-state index in [-0.39, 0.29) is 6.10 Å². The van der Waals surface area contributed by atoms with Crippen molar-refractivity contribution in [3.8, 4) is 5.75 Å². The predicted octanol–water partition coefficient (Wildman–Crippen LogP) is 1.93. The van der Waals surface area contributed by atoms with Crippen molar-refractivity contribution in [2.75, 3.05) is 7.11 Å². The van der Waals surface area contributed by atoms with E-state index < -0.39 is 0 Å². The molecule has 0 aliphatic heterocycles. The van der Waals surface area contributed by atoms with Crippen LogP contribution in [0.5, 0.6) is 5.75 Å².